The third-order valence-electron chi connectivity index (χ3n) is 3.72. The Morgan fingerprint density at radius 3 is 2.36 bits per heavy atom. The van der Waals surface area contributed by atoms with E-state index in [1.54, 1.807) is 24.3 Å². The number of carbonyl (C=O) groups is 1. The molecule has 1 saturated heterocycles. The number of hydrogen-bond donors (Lipinski definition) is 0. The molecule has 0 N–H and O–H groups in total. The molecule has 1 aromatic carbocycles. The zero-order valence-electron chi connectivity index (χ0n) is 13.0. The van der Waals surface area contributed by atoms with Crippen molar-refractivity contribution in [1.82, 2.24) is 9.21 Å². The molecule has 1 aromatic rings. The van der Waals surface area contributed by atoms with E-state index in [0.29, 0.717) is 12.3 Å². The fourth-order valence-electron chi connectivity index (χ4n) is 2.27. The Morgan fingerprint density at radius 2 is 1.82 bits per heavy atom. The largest absolute Gasteiger partial charge is 0.484 e. The molecule has 0 spiro atoms. The van der Waals surface area contributed by atoms with Crippen molar-refractivity contribution >= 4 is 15.9 Å². The minimum absolute atomic E-state index is 0.0124. The first-order valence-corrected chi connectivity index (χ1v) is 9.12. The normalized spacial score (nSPS) is 15.3. The van der Waals surface area contributed by atoms with Gasteiger partial charge in [0.2, 0.25) is 10.0 Å². The molecule has 1 aliphatic rings. The van der Waals surface area contributed by atoms with Crippen LogP contribution < -0.4 is 4.74 Å². The number of hydrogen-bond acceptors (Lipinski definition) is 4. The number of rotatable bonds is 6. The van der Waals surface area contributed by atoms with Gasteiger partial charge in [0.15, 0.2) is 6.61 Å². The molecule has 0 saturated carbocycles. The van der Waals surface area contributed by atoms with Gasteiger partial charge in [-0.15, -0.1) is 0 Å². The molecule has 1 fully saturated rings. The third kappa shape index (κ3) is 4.71. The summed E-state index contributed by atoms with van der Waals surface area (Å²) < 4.78 is 29.5. The Morgan fingerprint density at radius 1 is 1.23 bits per heavy atom. The Bertz CT molecular complexity index is 607. The van der Waals surface area contributed by atoms with Gasteiger partial charge in [0.05, 0.1) is 6.26 Å². The van der Waals surface area contributed by atoms with Gasteiger partial charge in [0, 0.05) is 26.7 Å². The molecule has 1 heterocycles. The molecule has 0 atom stereocenters. The Labute approximate surface area is 131 Å². The molecular weight excluding hydrogens is 304 g/mol. The van der Waals surface area contributed by atoms with Crippen molar-refractivity contribution in [1.29, 1.82) is 0 Å². The van der Waals surface area contributed by atoms with E-state index < -0.39 is 10.0 Å². The first-order valence-electron chi connectivity index (χ1n) is 7.27. The standard InChI is InChI=1S/C15H22N2O4S/c1-16(22(2,19)20)11-13-5-7-14(8-6-13)21-12-15(18)17-9-3-4-10-17/h5-8H,3-4,9-12H2,1-2H3. The average molecular weight is 326 g/mol. The fourth-order valence-corrected chi connectivity index (χ4v) is 2.65. The Kier molecular flexibility index (Phi) is 5.42. The lowest BCUT2D eigenvalue weighted by molar-refractivity contribution is -0.132. The SMILES string of the molecule is CN(Cc1ccc(OCC(=O)N2CCCC2)cc1)S(C)(=O)=O. The second kappa shape index (κ2) is 7.11. The van der Waals surface area contributed by atoms with Crippen molar-refractivity contribution in [3.05, 3.63) is 29.8 Å². The predicted octanol–water partition coefficient (Wildman–Crippen LogP) is 1.08. The fraction of sp³-hybridized carbons (Fsp3) is 0.533. The van der Waals surface area contributed by atoms with Crippen LogP contribution in [0.4, 0.5) is 0 Å². The maximum atomic E-state index is 11.9. The molecule has 1 amide bonds. The molecule has 0 unspecified atom stereocenters. The van der Waals surface area contributed by atoms with E-state index >= 15 is 0 Å². The van der Waals surface area contributed by atoms with Crippen LogP contribution in [0.15, 0.2) is 24.3 Å². The first-order chi connectivity index (χ1) is 10.4. The number of benzene rings is 1. The predicted molar refractivity (Wildman–Crippen MR) is 84.1 cm³/mol. The van der Waals surface area contributed by atoms with Crippen molar-refractivity contribution in [2.24, 2.45) is 0 Å². The van der Waals surface area contributed by atoms with Crippen molar-refractivity contribution < 1.29 is 17.9 Å². The van der Waals surface area contributed by atoms with Crippen LogP contribution in [0.1, 0.15) is 18.4 Å². The molecule has 0 radical (unpaired) electrons. The van der Waals surface area contributed by atoms with Gasteiger partial charge in [-0.2, -0.15) is 0 Å². The molecule has 2 rings (SSSR count). The molecule has 6 nitrogen and oxygen atoms in total. The van der Waals surface area contributed by atoms with Gasteiger partial charge < -0.3 is 9.64 Å². The van der Waals surface area contributed by atoms with Gasteiger partial charge in [0.25, 0.3) is 5.91 Å². The van der Waals surface area contributed by atoms with Gasteiger partial charge in [-0.3, -0.25) is 4.79 Å². The number of ether oxygens (including phenoxy) is 1. The van der Waals surface area contributed by atoms with E-state index in [0.717, 1.165) is 31.5 Å². The van der Waals surface area contributed by atoms with Crippen LogP contribution in [-0.4, -0.2) is 56.5 Å². The molecule has 122 valence electrons. The average Bonchev–Trinajstić information content (AvgIpc) is 2.99. The van der Waals surface area contributed by atoms with Gasteiger partial charge in [0.1, 0.15) is 5.75 Å². The Balaban J connectivity index is 1.85. The summed E-state index contributed by atoms with van der Waals surface area (Å²) in [4.78, 5) is 13.7. The highest BCUT2D eigenvalue weighted by molar-refractivity contribution is 7.88. The lowest BCUT2D eigenvalue weighted by Crippen LogP contribution is -2.32. The summed E-state index contributed by atoms with van der Waals surface area (Å²) in [6.45, 7) is 1.99. The summed E-state index contributed by atoms with van der Waals surface area (Å²) >= 11 is 0. The van der Waals surface area contributed by atoms with Crippen LogP contribution in [0.3, 0.4) is 0 Å². The molecule has 0 bridgehead atoms. The summed E-state index contributed by atoms with van der Waals surface area (Å²) in [6.07, 6.45) is 3.30. The number of nitrogens with zero attached hydrogens (tertiary/aromatic N) is 2. The summed E-state index contributed by atoms with van der Waals surface area (Å²) in [5, 5.41) is 0. The molecule has 1 aliphatic heterocycles. The number of carbonyl (C=O) groups excluding carboxylic acids is 1. The van der Waals surface area contributed by atoms with Gasteiger partial charge in [-0.1, -0.05) is 12.1 Å². The number of sulfonamides is 1. The first kappa shape index (κ1) is 16.8. The van der Waals surface area contributed by atoms with Gasteiger partial charge in [-0.05, 0) is 30.5 Å². The van der Waals surface area contributed by atoms with Gasteiger partial charge in [-0.25, -0.2) is 12.7 Å². The molecule has 0 aliphatic carbocycles. The minimum Gasteiger partial charge on any atom is -0.484 e. The highest BCUT2D eigenvalue weighted by Gasteiger charge is 2.18. The highest BCUT2D eigenvalue weighted by atomic mass is 32.2. The van der Waals surface area contributed by atoms with Crippen molar-refractivity contribution in [2.75, 3.05) is 33.0 Å². The topological polar surface area (TPSA) is 66.9 Å². The zero-order valence-corrected chi connectivity index (χ0v) is 13.8. The van der Waals surface area contributed by atoms with Crippen LogP contribution in [0.5, 0.6) is 5.75 Å². The van der Waals surface area contributed by atoms with E-state index in [4.69, 9.17) is 4.74 Å². The monoisotopic (exact) mass is 326 g/mol. The van der Waals surface area contributed by atoms with Crippen LogP contribution in [0.2, 0.25) is 0 Å². The van der Waals surface area contributed by atoms with E-state index in [1.807, 2.05) is 4.90 Å². The number of likely N-dealkylation sites (tertiary alicyclic amines) is 1. The second-order valence-electron chi connectivity index (χ2n) is 5.54. The van der Waals surface area contributed by atoms with Crippen LogP contribution in [0.25, 0.3) is 0 Å². The van der Waals surface area contributed by atoms with E-state index in [1.165, 1.54) is 17.6 Å². The lowest BCUT2D eigenvalue weighted by atomic mass is 10.2. The third-order valence-corrected chi connectivity index (χ3v) is 4.98. The minimum atomic E-state index is -3.19. The Hall–Kier alpha value is -1.60. The van der Waals surface area contributed by atoms with Crippen LogP contribution in [-0.2, 0) is 21.4 Å². The highest BCUT2D eigenvalue weighted by Crippen LogP contribution is 2.15. The second-order valence-corrected chi connectivity index (χ2v) is 7.63. The quantitative estimate of drug-likeness (QED) is 0.784. The van der Waals surface area contributed by atoms with Crippen molar-refractivity contribution in [2.45, 2.75) is 19.4 Å². The lowest BCUT2D eigenvalue weighted by Gasteiger charge is -2.16. The zero-order chi connectivity index (χ0) is 16.2. The van der Waals surface area contributed by atoms with E-state index in [2.05, 4.69) is 0 Å². The molecule has 0 aromatic heterocycles. The summed E-state index contributed by atoms with van der Waals surface area (Å²) in [5.74, 6) is 0.622. The summed E-state index contributed by atoms with van der Waals surface area (Å²) in [7, 11) is -1.65. The van der Waals surface area contributed by atoms with E-state index in [9.17, 15) is 13.2 Å². The van der Waals surface area contributed by atoms with E-state index in [-0.39, 0.29) is 12.5 Å². The molecular formula is C15H22N2O4S. The summed E-state index contributed by atoms with van der Waals surface area (Å²) in [5.41, 5.74) is 0.867. The van der Waals surface area contributed by atoms with Crippen LogP contribution in [0, 0.1) is 0 Å². The van der Waals surface area contributed by atoms with Crippen molar-refractivity contribution in [3.63, 3.8) is 0 Å². The van der Waals surface area contributed by atoms with Gasteiger partial charge >= 0.3 is 0 Å². The molecule has 7 heteroatoms. The smallest absolute Gasteiger partial charge is 0.260 e. The van der Waals surface area contributed by atoms with Crippen LogP contribution >= 0.6 is 0 Å². The molecule has 22 heavy (non-hydrogen) atoms. The summed E-state index contributed by atoms with van der Waals surface area (Å²) in [6, 6.07) is 7.11. The van der Waals surface area contributed by atoms with Crippen molar-refractivity contribution in [3.8, 4) is 5.75 Å². The number of amides is 1. The maximum Gasteiger partial charge on any atom is 0.260 e. The maximum absolute atomic E-state index is 11.9.